The second kappa shape index (κ2) is 11.3. The molecule has 0 fully saturated rings. The molecule has 164 valence electrons. The number of rotatable bonds is 8. The van der Waals surface area contributed by atoms with E-state index in [0.29, 0.717) is 17.1 Å². The van der Waals surface area contributed by atoms with E-state index >= 15 is 0 Å². The van der Waals surface area contributed by atoms with Gasteiger partial charge < -0.3 is 14.2 Å². The molecule has 0 bridgehead atoms. The van der Waals surface area contributed by atoms with E-state index in [1.54, 1.807) is 73.8 Å². The number of carbonyl (C=O) groups excluding carboxylic acids is 2. The highest BCUT2D eigenvalue weighted by molar-refractivity contribution is 9.10. The maximum atomic E-state index is 12.5. The number of hydrogen-bond acceptors (Lipinski definition) is 6. The monoisotopic (exact) mass is 516 g/mol. The fourth-order valence-corrected chi connectivity index (χ4v) is 3.11. The lowest BCUT2D eigenvalue weighted by molar-refractivity contribution is -0.123. The molecule has 0 unspecified atom stereocenters. The Bertz CT molecular complexity index is 1140. The van der Waals surface area contributed by atoms with Crippen molar-refractivity contribution in [1.29, 1.82) is 0 Å². The fraction of sp³-hybridized carbons (Fsp3) is 0.0870. The van der Waals surface area contributed by atoms with Crippen molar-refractivity contribution in [2.24, 2.45) is 5.10 Å². The molecular formula is C23H18BrClN2O5. The minimum Gasteiger partial charge on any atom is -0.497 e. The molecule has 3 aromatic carbocycles. The second-order valence-corrected chi connectivity index (χ2v) is 7.63. The van der Waals surface area contributed by atoms with E-state index in [1.807, 2.05) is 0 Å². The number of amides is 1. The van der Waals surface area contributed by atoms with Crippen LogP contribution in [-0.4, -0.2) is 31.8 Å². The molecule has 0 aromatic heterocycles. The molecule has 0 radical (unpaired) electrons. The lowest BCUT2D eigenvalue weighted by Crippen LogP contribution is -2.24. The Morgan fingerprint density at radius 3 is 2.50 bits per heavy atom. The van der Waals surface area contributed by atoms with Crippen LogP contribution in [0.1, 0.15) is 15.9 Å². The predicted molar refractivity (Wildman–Crippen MR) is 125 cm³/mol. The molecule has 3 aromatic rings. The van der Waals surface area contributed by atoms with Crippen LogP contribution in [0.5, 0.6) is 17.2 Å². The molecule has 9 heteroatoms. The minimum atomic E-state index is -0.607. The van der Waals surface area contributed by atoms with Gasteiger partial charge in [0, 0.05) is 10.0 Å². The Morgan fingerprint density at radius 2 is 1.78 bits per heavy atom. The first-order valence-corrected chi connectivity index (χ1v) is 10.5. The van der Waals surface area contributed by atoms with E-state index in [4.69, 9.17) is 25.8 Å². The van der Waals surface area contributed by atoms with E-state index in [0.717, 1.165) is 4.47 Å². The summed E-state index contributed by atoms with van der Waals surface area (Å²) in [4.78, 5) is 24.5. The predicted octanol–water partition coefficient (Wildman–Crippen LogP) is 4.86. The molecule has 7 nitrogen and oxygen atoms in total. The van der Waals surface area contributed by atoms with Crippen LogP contribution in [0.3, 0.4) is 0 Å². The Morgan fingerprint density at radius 1 is 1.06 bits per heavy atom. The largest absolute Gasteiger partial charge is 0.497 e. The summed E-state index contributed by atoms with van der Waals surface area (Å²) in [5.74, 6) is 0.397. The molecule has 0 spiro atoms. The van der Waals surface area contributed by atoms with Crippen molar-refractivity contribution in [3.63, 3.8) is 0 Å². The maximum absolute atomic E-state index is 12.5. The molecule has 0 aliphatic rings. The zero-order valence-electron chi connectivity index (χ0n) is 16.9. The first-order chi connectivity index (χ1) is 15.5. The van der Waals surface area contributed by atoms with Crippen molar-refractivity contribution in [2.45, 2.75) is 0 Å². The zero-order valence-corrected chi connectivity index (χ0v) is 19.2. The molecule has 32 heavy (non-hydrogen) atoms. The lowest BCUT2D eigenvalue weighted by Gasteiger charge is -2.09. The molecule has 0 atom stereocenters. The summed E-state index contributed by atoms with van der Waals surface area (Å²) in [7, 11) is 1.57. The lowest BCUT2D eigenvalue weighted by atomic mass is 10.2. The Hall–Kier alpha value is -3.36. The summed E-state index contributed by atoms with van der Waals surface area (Å²) in [6.45, 7) is -0.226. The quantitative estimate of drug-likeness (QED) is 0.200. The van der Waals surface area contributed by atoms with Crippen molar-refractivity contribution >= 4 is 45.6 Å². The van der Waals surface area contributed by atoms with Gasteiger partial charge in [-0.1, -0.05) is 39.7 Å². The van der Waals surface area contributed by atoms with Crippen LogP contribution in [-0.2, 0) is 4.79 Å². The topological polar surface area (TPSA) is 86.2 Å². The number of ether oxygens (including phenoxy) is 3. The van der Waals surface area contributed by atoms with Gasteiger partial charge in [0.1, 0.15) is 17.2 Å². The highest BCUT2D eigenvalue weighted by atomic mass is 79.9. The first kappa shape index (κ1) is 23.3. The van der Waals surface area contributed by atoms with Crippen molar-refractivity contribution < 1.29 is 23.8 Å². The number of hydrazone groups is 1. The zero-order chi connectivity index (χ0) is 22.9. The third kappa shape index (κ3) is 6.57. The van der Waals surface area contributed by atoms with Gasteiger partial charge >= 0.3 is 5.97 Å². The second-order valence-electron chi connectivity index (χ2n) is 6.31. The summed E-state index contributed by atoms with van der Waals surface area (Å²) in [5.41, 5.74) is 3.08. The Labute approximate surface area is 198 Å². The van der Waals surface area contributed by atoms with Gasteiger partial charge in [0.05, 0.1) is 23.9 Å². The van der Waals surface area contributed by atoms with E-state index < -0.39 is 11.9 Å². The highest BCUT2D eigenvalue weighted by Crippen LogP contribution is 2.24. The van der Waals surface area contributed by atoms with Crippen molar-refractivity contribution in [2.75, 3.05) is 13.7 Å². The summed E-state index contributed by atoms with van der Waals surface area (Å²) in [5, 5.41) is 4.20. The van der Waals surface area contributed by atoms with Gasteiger partial charge in [-0.15, -0.1) is 0 Å². The standard InChI is InChI=1S/C23H18BrClN2O5/c1-30-17-7-9-18(10-8-17)31-14-22(28)27-26-13-15-12-16(24)6-11-21(15)32-23(29)19-4-2-3-5-20(19)25/h2-13H,14H2,1H3,(H,27,28). The molecule has 0 aliphatic carbocycles. The number of esters is 1. The molecule has 0 saturated carbocycles. The minimum absolute atomic E-state index is 0.226. The molecule has 0 aliphatic heterocycles. The van der Waals surface area contributed by atoms with Gasteiger partial charge in [0.15, 0.2) is 6.61 Å². The third-order valence-electron chi connectivity index (χ3n) is 4.09. The summed E-state index contributed by atoms with van der Waals surface area (Å²) < 4.78 is 16.7. The van der Waals surface area contributed by atoms with E-state index in [-0.39, 0.29) is 22.9 Å². The Balaban J connectivity index is 1.61. The van der Waals surface area contributed by atoms with Crippen LogP contribution < -0.4 is 19.6 Å². The molecule has 3 rings (SSSR count). The smallest absolute Gasteiger partial charge is 0.345 e. The third-order valence-corrected chi connectivity index (χ3v) is 4.91. The SMILES string of the molecule is COc1ccc(OCC(=O)NN=Cc2cc(Br)ccc2OC(=O)c2ccccc2Cl)cc1. The van der Waals surface area contributed by atoms with Crippen LogP contribution in [0.4, 0.5) is 0 Å². The number of benzene rings is 3. The van der Waals surface area contributed by atoms with Crippen LogP contribution >= 0.6 is 27.5 Å². The summed E-state index contributed by atoms with van der Waals surface area (Å²) in [6.07, 6.45) is 1.37. The van der Waals surface area contributed by atoms with Gasteiger partial charge in [0.25, 0.3) is 5.91 Å². The van der Waals surface area contributed by atoms with Gasteiger partial charge in [0.2, 0.25) is 0 Å². The fourth-order valence-electron chi connectivity index (χ4n) is 2.52. The van der Waals surface area contributed by atoms with E-state index in [1.165, 1.54) is 6.21 Å². The number of halogens is 2. The van der Waals surface area contributed by atoms with Gasteiger partial charge in [-0.3, -0.25) is 4.79 Å². The van der Waals surface area contributed by atoms with Gasteiger partial charge in [-0.25, -0.2) is 10.2 Å². The van der Waals surface area contributed by atoms with Crippen LogP contribution in [0.2, 0.25) is 5.02 Å². The normalized spacial score (nSPS) is 10.6. The number of methoxy groups -OCH3 is 1. The van der Waals surface area contributed by atoms with Crippen LogP contribution in [0.25, 0.3) is 0 Å². The van der Waals surface area contributed by atoms with Gasteiger partial charge in [-0.05, 0) is 54.6 Å². The summed E-state index contributed by atoms with van der Waals surface area (Å²) >= 11 is 9.42. The van der Waals surface area contributed by atoms with Crippen molar-refractivity contribution in [1.82, 2.24) is 5.43 Å². The number of nitrogens with zero attached hydrogens (tertiary/aromatic N) is 1. The van der Waals surface area contributed by atoms with E-state index in [9.17, 15) is 9.59 Å². The average molecular weight is 518 g/mol. The van der Waals surface area contributed by atoms with Crippen molar-refractivity contribution in [3.05, 3.63) is 87.4 Å². The molecular weight excluding hydrogens is 500 g/mol. The molecule has 1 amide bonds. The highest BCUT2D eigenvalue weighted by Gasteiger charge is 2.14. The van der Waals surface area contributed by atoms with E-state index in [2.05, 4.69) is 26.5 Å². The average Bonchev–Trinajstić information content (AvgIpc) is 2.80. The maximum Gasteiger partial charge on any atom is 0.345 e. The Kier molecular flexibility index (Phi) is 8.24. The molecule has 0 saturated heterocycles. The van der Waals surface area contributed by atoms with Crippen LogP contribution in [0, 0.1) is 0 Å². The number of carbonyl (C=O) groups is 2. The molecule has 0 heterocycles. The number of nitrogens with one attached hydrogen (secondary N) is 1. The van der Waals surface area contributed by atoms with Gasteiger partial charge in [-0.2, -0.15) is 5.10 Å². The van der Waals surface area contributed by atoms with Crippen LogP contribution in [0.15, 0.2) is 76.3 Å². The first-order valence-electron chi connectivity index (χ1n) is 9.31. The molecule has 1 N–H and O–H groups in total. The number of hydrogen-bond donors (Lipinski definition) is 1. The van der Waals surface area contributed by atoms with Crippen molar-refractivity contribution in [3.8, 4) is 17.2 Å². The summed E-state index contributed by atoms with van der Waals surface area (Å²) in [6, 6.07) is 18.4.